The largest absolute Gasteiger partial charge is 0.367 e. The van der Waals surface area contributed by atoms with Crippen molar-refractivity contribution < 1.29 is 14.3 Å². The fourth-order valence-corrected chi connectivity index (χ4v) is 1.64. The summed E-state index contributed by atoms with van der Waals surface area (Å²) >= 11 is 0. The van der Waals surface area contributed by atoms with Gasteiger partial charge in [0.15, 0.2) is 5.60 Å². The van der Waals surface area contributed by atoms with Crippen molar-refractivity contribution >= 4 is 11.9 Å². The van der Waals surface area contributed by atoms with Gasteiger partial charge < -0.3 is 21.5 Å². The molecule has 0 radical (unpaired) electrons. The van der Waals surface area contributed by atoms with E-state index in [9.17, 15) is 9.59 Å². The summed E-state index contributed by atoms with van der Waals surface area (Å²) in [5, 5.41) is 2.35. The highest BCUT2D eigenvalue weighted by Gasteiger charge is 2.37. The number of urea groups is 1. The summed E-state index contributed by atoms with van der Waals surface area (Å²) in [5.74, 6) is -0.650. The quantitative estimate of drug-likeness (QED) is 0.649. The lowest BCUT2D eigenvalue weighted by Gasteiger charge is -2.29. The Bertz CT molecular complexity index is 422. The number of primary amides is 2. The molecule has 6 nitrogen and oxygen atoms in total. The van der Waals surface area contributed by atoms with Gasteiger partial charge in [0, 0.05) is 13.5 Å². The third-order valence-electron chi connectivity index (χ3n) is 2.72. The van der Waals surface area contributed by atoms with Crippen molar-refractivity contribution in [2.45, 2.75) is 12.0 Å². The first-order chi connectivity index (χ1) is 8.50. The Labute approximate surface area is 105 Å². The van der Waals surface area contributed by atoms with Crippen LogP contribution in [-0.2, 0) is 16.0 Å². The van der Waals surface area contributed by atoms with Crippen molar-refractivity contribution in [2.75, 3.05) is 13.7 Å². The summed E-state index contributed by atoms with van der Waals surface area (Å²) in [7, 11) is 1.37. The second kappa shape index (κ2) is 6.02. The number of hydrogen-bond donors (Lipinski definition) is 3. The molecule has 1 atom stereocenters. The average Bonchev–Trinajstić information content (AvgIpc) is 2.35. The topological polar surface area (TPSA) is 107 Å². The van der Waals surface area contributed by atoms with E-state index < -0.39 is 17.5 Å². The van der Waals surface area contributed by atoms with Gasteiger partial charge in [0.1, 0.15) is 0 Å². The van der Waals surface area contributed by atoms with Gasteiger partial charge in [-0.2, -0.15) is 0 Å². The number of rotatable bonds is 6. The van der Waals surface area contributed by atoms with Crippen LogP contribution in [0, 0.1) is 0 Å². The molecular weight excluding hydrogens is 234 g/mol. The number of methoxy groups -OCH3 is 1. The molecule has 1 aromatic carbocycles. The number of carbonyl (C=O) groups excluding carboxylic acids is 2. The van der Waals surface area contributed by atoms with E-state index in [0.29, 0.717) is 0 Å². The van der Waals surface area contributed by atoms with Crippen LogP contribution in [0.4, 0.5) is 4.79 Å². The minimum absolute atomic E-state index is 0.0664. The Balaban J connectivity index is 2.89. The van der Waals surface area contributed by atoms with Crippen molar-refractivity contribution in [1.82, 2.24) is 5.32 Å². The van der Waals surface area contributed by atoms with E-state index in [1.54, 1.807) is 0 Å². The van der Waals surface area contributed by atoms with Gasteiger partial charge in [-0.25, -0.2) is 4.79 Å². The van der Waals surface area contributed by atoms with E-state index in [4.69, 9.17) is 16.2 Å². The first-order valence-corrected chi connectivity index (χ1v) is 5.42. The Morgan fingerprint density at radius 3 is 2.33 bits per heavy atom. The number of nitrogens with two attached hydrogens (primary N) is 2. The van der Waals surface area contributed by atoms with Gasteiger partial charge in [-0.3, -0.25) is 4.79 Å². The average molecular weight is 251 g/mol. The number of hydrogen-bond acceptors (Lipinski definition) is 3. The zero-order valence-electron chi connectivity index (χ0n) is 10.2. The molecule has 98 valence electrons. The molecule has 6 heteroatoms. The van der Waals surface area contributed by atoms with Crippen LogP contribution < -0.4 is 16.8 Å². The maximum Gasteiger partial charge on any atom is 0.312 e. The second-order valence-corrected chi connectivity index (χ2v) is 3.94. The summed E-state index contributed by atoms with van der Waals surface area (Å²) in [5.41, 5.74) is 9.93. The molecule has 18 heavy (non-hydrogen) atoms. The number of amides is 3. The van der Waals surface area contributed by atoms with E-state index in [1.807, 2.05) is 30.3 Å². The van der Waals surface area contributed by atoms with E-state index in [2.05, 4.69) is 5.32 Å². The minimum atomic E-state index is -1.30. The Kier molecular flexibility index (Phi) is 4.67. The molecule has 5 N–H and O–H groups in total. The molecule has 0 bridgehead atoms. The molecule has 0 saturated heterocycles. The van der Waals surface area contributed by atoms with Crippen LogP contribution in [-0.4, -0.2) is 31.2 Å². The second-order valence-electron chi connectivity index (χ2n) is 3.94. The van der Waals surface area contributed by atoms with Gasteiger partial charge >= 0.3 is 6.03 Å². The molecule has 1 rings (SSSR count). The predicted octanol–water partition coefficient (Wildman–Crippen LogP) is -0.232. The highest BCUT2D eigenvalue weighted by atomic mass is 16.5. The summed E-state index contributed by atoms with van der Waals surface area (Å²) < 4.78 is 5.21. The molecule has 0 aliphatic rings. The lowest BCUT2D eigenvalue weighted by atomic mass is 9.93. The smallest absolute Gasteiger partial charge is 0.312 e. The van der Waals surface area contributed by atoms with Gasteiger partial charge in [-0.1, -0.05) is 30.3 Å². The van der Waals surface area contributed by atoms with Crippen LogP contribution in [0.2, 0.25) is 0 Å². The van der Waals surface area contributed by atoms with Crippen LogP contribution in [0.5, 0.6) is 0 Å². The standard InChI is InChI=1S/C12H17N3O3/c1-18-12(10(13)16,8-15-11(14)17)7-9-5-3-2-4-6-9/h2-6H,7-8H2,1H3,(H2,13,16)(H3,14,15,17). The fraction of sp³-hybridized carbons (Fsp3) is 0.333. The van der Waals surface area contributed by atoms with Crippen LogP contribution in [0.25, 0.3) is 0 Å². The number of ether oxygens (including phenoxy) is 1. The lowest BCUT2D eigenvalue weighted by Crippen LogP contribution is -2.55. The molecule has 0 heterocycles. The molecule has 0 saturated carbocycles. The molecular formula is C12H17N3O3. The molecule has 0 aromatic heterocycles. The molecule has 3 amide bonds. The summed E-state index contributed by atoms with van der Waals surface area (Å²) in [4.78, 5) is 22.3. The SMILES string of the molecule is COC(CNC(N)=O)(Cc1ccccc1)C(N)=O. The summed E-state index contributed by atoms with van der Waals surface area (Å²) in [6.07, 6.45) is 0.264. The predicted molar refractivity (Wildman–Crippen MR) is 66.7 cm³/mol. The van der Waals surface area contributed by atoms with Crippen molar-refractivity contribution in [3.63, 3.8) is 0 Å². The molecule has 1 aromatic rings. The van der Waals surface area contributed by atoms with Gasteiger partial charge in [0.2, 0.25) is 0 Å². The highest BCUT2D eigenvalue weighted by Crippen LogP contribution is 2.16. The van der Waals surface area contributed by atoms with Crippen molar-refractivity contribution in [2.24, 2.45) is 11.5 Å². The van der Waals surface area contributed by atoms with Crippen LogP contribution in [0.15, 0.2) is 30.3 Å². The molecule has 1 unspecified atom stereocenters. The third-order valence-corrected chi connectivity index (χ3v) is 2.72. The lowest BCUT2D eigenvalue weighted by molar-refractivity contribution is -0.139. The van der Waals surface area contributed by atoms with E-state index >= 15 is 0 Å². The normalized spacial score (nSPS) is 13.6. The number of nitrogens with one attached hydrogen (secondary N) is 1. The fourth-order valence-electron chi connectivity index (χ4n) is 1.64. The minimum Gasteiger partial charge on any atom is -0.367 e. The van der Waals surface area contributed by atoms with Crippen molar-refractivity contribution in [1.29, 1.82) is 0 Å². The van der Waals surface area contributed by atoms with Crippen LogP contribution in [0.1, 0.15) is 5.56 Å². The third kappa shape index (κ3) is 3.46. The number of benzene rings is 1. The molecule has 0 aliphatic heterocycles. The number of carbonyl (C=O) groups is 2. The Morgan fingerprint density at radius 1 is 1.28 bits per heavy atom. The first kappa shape index (κ1) is 14.0. The van der Waals surface area contributed by atoms with E-state index in [0.717, 1.165) is 5.56 Å². The van der Waals surface area contributed by atoms with Gasteiger partial charge in [-0.05, 0) is 5.56 Å². The zero-order valence-corrected chi connectivity index (χ0v) is 10.2. The molecule has 0 fully saturated rings. The monoisotopic (exact) mass is 251 g/mol. The molecule has 0 spiro atoms. The Morgan fingerprint density at radius 2 is 1.89 bits per heavy atom. The summed E-state index contributed by atoms with van der Waals surface area (Å²) in [6, 6.07) is 8.52. The maximum absolute atomic E-state index is 11.6. The van der Waals surface area contributed by atoms with Crippen LogP contribution in [0.3, 0.4) is 0 Å². The van der Waals surface area contributed by atoms with E-state index in [1.165, 1.54) is 7.11 Å². The van der Waals surface area contributed by atoms with Crippen molar-refractivity contribution in [3.05, 3.63) is 35.9 Å². The highest BCUT2D eigenvalue weighted by molar-refractivity contribution is 5.85. The first-order valence-electron chi connectivity index (χ1n) is 5.42. The van der Waals surface area contributed by atoms with Gasteiger partial charge in [0.05, 0.1) is 6.54 Å². The zero-order chi connectivity index (χ0) is 13.6. The Hall–Kier alpha value is -2.08. The van der Waals surface area contributed by atoms with Gasteiger partial charge in [-0.15, -0.1) is 0 Å². The van der Waals surface area contributed by atoms with E-state index in [-0.39, 0.29) is 13.0 Å². The summed E-state index contributed by atoms with van der Waals surface area (Å²) in [6.45, 7) is -0.0664. The van der Waals surface area contributed by atoms with Crippen LogP contribution >= 0.6 is 0 Å². The van der Waals surface area contributed by atoms with Gasteiger partial charge in [0.25, 0.3) is 5.91 Å². The maximum atomic E-state index is 11.6. The molecule has 0 aliphatic carbocycles. The van der Waals surface area contributed by atoms with Crippen molar-refractivity contribution in [3.8, 4) is 0 Å².